The van der Waals surface area contributed by atoms with E-state index in [1.54, 1.807) is 0 Å². The van der Waals surface area contributed by atoms with E-state index in [0.29, 0.717) is 5.41 Å². The molecule has 1 saturated heterocycles. The highest BCUT2D eigenvalue weighted by molar-refractivity contribution is 6.36. The fourth-order valence-electron chi connectivity index (χ4n) is 2.28. The van der Waals surface area contributed by atoms with Gasteiger partial charge in [-0.15, -0.1) is 0 Å². The van der Waals surface area contributed by atoms with Gasteiger partial charge in [-0.3, -0.25) is 4.90 Å². The zero-order valence-electron chi connectivity index (χ0n) is 7.73. The molecule has 0 radical (unpaired) electrons. The molecule has 1 spiro atoms. The Hall–Kier alpha value is 0.280. The second-order valence-corrected chi connectivity index (χ2v) is 5.07. The van der Waals surface area contributed by atoms with E-state index < -0.39 is 0 Å². The highest BCUT2D eigenvalue weighted by atomic mass is 35.5. The Balaban J connectivity index is 1.86. The van der Waals surface area contributed by atoms with E-state index in [-0.39, 0.29) is 0 Å². The van der Waals surface area contributed by atoms with Crippen molar-refractivity contribution < 1.29 is 0 Å². The van der Waals surface area contributed by atoms with Gasteiger partial charge in [0.25, 0.3) is 0 Å². The summed E-state index contributed by atoms with van der Waals surface area (Å²) in [6.07, 6.45) is 5.59. The molecular formula is C10H15Cl2N. The van der Waals surface area contributed by atoms with Gasteiger partial charge in [-0.25, -0.2) is 0 Å². The third-order valence-corrected chi connectivity index (χ3v) is 3.79. The maximum atomic E-state index is 5.90. The molecule has 1 aliphatic carbocycles. The first kappa shape index (κ1) is 9.82. The lowest BCUT2D eigenvalue weighted by molar-refractivity contribution is 0.175. The van der Waals surface area contributed by atoms with Gasteiger partial charge >= 0.3 is 0 Å². The average molecular weight is 220 g/mol. The lowest BCUT2D eigenvalue weighted by Crippen LogP contribution is -2.37. The van der Waals surface area contributed by atoms with Crippen molar-refractivity contribution in [1.82, 2.24) is 4.90 Å². The highest BCUT2D eigenvalue weighted by Gasteiger charge is 2.45. The van der Waals surface area contributed by atoms with Crippen molar-refractivity contribution in [2.45, 2.75) is 25.7 Å². The number of hydrogen-bond donors (Lipinski definition) is 0. The fraction of sp³-hybridized carbons (Fsp3) is 0.800. The van der Waals surface area contributed by atoms with Gasteiger partial charge in [0.05, 0.1) is 0 Å². The van der Waals surface area contributed by atoms with Crippen molar-refractivity contribution in [2.24, 2.45) is 5.41 Å². The Kier molecular flexibility index (Phi) is 2.87. The summed E-state index contributed by atoms with van der Waals surface area (Å²) in [5.74, 6) is 0. The van der Waals surface area contributed by atoms with Crippen LogP contribution in [0.25, 0.3) is 0 Å². The van der Waals surface area contributed by atoms with E-state index in [4.69, 9.17) is 23.2 Å². The van der Waals surface area contributed by atoms with Crippen LogP contribution in [-0.2, 0) is 0 Å². The molecule has 3 heteroatoms. The summed E-state index contributed by atoms with van der Waals surface area (Å²) in [5, 5.41) is 0.763. The average Bonchev–Trinajstić information content (AvgIpc) is 2.85. The van der Waals surface area contributed by atoms with Gasteiger partial charge in [-0.1, -0.05) is 23.2 Å². The van der Waals surface area contributed by atoms with Gasteiger partial charge < -0.3 is 0 Å². The molecule has 1 heterocycles. The minimum absolute atomic E-state index is 0.682. The van der Waals surface area contributed by atoms with Crippen molar-refractivity contribution >= 4 is 23.2 Å². The molecule has 0 aromatic rings. The molecule has 74 valence electrons. The second-order valence-electron chi connectivity index (χ2n) is 4.37. The van der Waals surface area contributed by atoms with Gasteiger partial charge in [0.1, 0.15) is 0 Å². The fourth-order valence-corrected chi connectivity index (χ4v) is 2.52. The van der Waals surface area contributed by atoms with Crippen molar-refractivity contribution in [1.29, 1.82) is 0 Å². The molecule has 1 aliphatic heterocycles. The molecule has 0 aromatic carbocycles. The van der Waals surface area contributed by atoms with Gasteiger partial charge in [0, 0.05) is 23.7 Å². The predicted molar refractivity (Wildman–Crippen MR) is 57.1 cm³/mol. The quantitative estimate of drug-likeness (QED) is 0.690. The molecule has 1 saturated carbocycles. The standard InChI is InChI=1S/C10H15Cl2N/c11-6-9(12)7-13-5-1-2-10(8-13)3-4-10/h6H,1-5,7-8H2/b9-6+. The summed E-state index contributed by atoms with van der Waals surface area (Å²) >= 11 is 11.4. The van der Waals surface area contributed by atoms with E-state index in [9.17, 15) is 0 Å². The van der Waals surface area contributed by atoms with Crippen LogP contribution in [0.15, 0.2) is 10.6 Å². The van der Waals surface area contributed by atoms with Crippen molar-refractivity contribution in [3.63, 3.8) is 0 Å². The maximum Gasteiger partial charge on any atom is 0.0434 e. The van der Waals surface area contributed by atoms with Crippen molar-refractivity contribution in [3.05, 3.63) is 10.6 Å². The van der Waals surface area contributed by atoms with E-state index in [1.807, 2.05) is 0 Å². The van der Waals surface area contributed by atoms with Crippen LogP contribution in [0.4, 0.5) is 0 Å². The number of hydrogen-bond acceptors (Lipinski definition) is 1. The minimum Gasteiger partial charge on any atom is -0.298 e. The minimum atomic E-state index is 0.682. The predicted octanol–water partition coefficient (Wildman–Crippen LogP) is 3.18. The van der Waals surface area contributed by atoms with Crippen LogP contribution in [-0.4, -0.2) is 24.5 Å². The molecule has 13 heavy (non-hydrogen) atoms. The summed E-state index contributed by atoms with van der Waals surface area (Å²) in [7, 11) is 0. The molecular weight excluding hydrogens is 205 g/mol. The summed E-state index contributed by atoms with van der Waals surface area (Å²) in [5.41, 5.74) is 2.16. The van der Waals surface area contributed by atoms with Crippen molar-refractivity contribution in [3.8, 4) is 0 Å². The van der Waals surface area contributed by atoms with Crippen LogP contribution < -0.4 is 0 Å². The molecule has 0 atom stereocenters. The van der Waals surface area contributed by atoms with Crippen LogP contribution in [0.3, 0.4) is 0 Å². The largest absolute Gasteiger partial charge is 0.298 e. The zero-order valence-corrected chi connectivity index (χ0v) is 9.24. The number of piperidine rings is 1. The normalized spacial score (nSPS) is 28.0. The number of rotatable bonds is 2. The van der Waals surface area contributed by atoms with Crippen molar-refractivity contribution in [2.75, 3.05) is 19.6 Å². The van der Waals surface area contributed by atoms with Gasteiger partial charge in [0.15, 0.2) is 0 Å². The Morgan fingerprint density at radius 2 is 2.15 bits per heavy atom. The molecule has 2 fully saturated rings. The first-order valence-electron chi connectivity index (χ1n) is 4.91. The molecule has 0 aromatic heterocycles. The molecule has 1 nitrogen and oxygen atoms in total. The van der Waals surface area contributed by atoms with E-state index in [2.05, 4.69) is 4.90 Å². The zero-order chi connectivity index (χ0) is 9.31. The molecule has 2 rings (SSSR count). The third-order valence-electron chi connectivity index (χ3n) is 3.19. The van der Waals surface area contributed by atoms with E-state index >= 15 is 0 Å². The monoisotopic (exact) mass is 219 g/mol. The summed E-state index contributed by atoms with van der Waals surface area (Å²) in [4.78, 5) is 2.43. The first-order chi connectivity index (χ1) is 6.24. The summed E-state index contributed by atoms with van der Waals surface area (Å²) < 4.78 is 0. The van der Waals surface area contributed by atoms with Crippen LogP contribution in [0.5, 0.6) is 0 Å². The van der Waals surface area contributed by atoms with Crippen LogP contribution >= 0.6 is 23.2 Å². The lowest BCUT2D eigenvalue weighted by Gasteiger charge is -2.32. The van der Waals surface area contributed by atoms with E-state index in [1.165, 1.54) is 44.3 Å². The summed E-state index contributed by atoms with van der Waals surface area (Å²) in [6, 6.07) is 0. The molecule has 0 amide bonds. The topological polar surface area (TPSA) is 3.24 Å². The molecule has 0 unspecified atom stereocenters. The van der Waals surface area contributed by atoms with Gasteiger partial charge in [-0.05, 0) is 37.6 Å². The number of halogens is 2. The van der Waals surface area contributed by atoms with E-state index in [0.717, 1.165) is 11.6 Å². The number of nitrogens with zero attached hydrogens (tertiary/aromatic N) is 1. The Labute approximate surface area is 89.7 Å². The first-order valence-corrected chi connectivity index (χ1v) is 5.73. The lowest BCUT2D eigenvalue weighted by atomic mass is 9.95. The number of likely N-dealkylation sites (tertiary alicyclic amines) is 1. The third kappa shape index (κ3) is 2.39. The summed E-state index contributed by atoms with van der Waals surface area (Å²) in [6.45, 7) is 3.25. The van der Waals surface area contributed by atoms with Crippen LogP contribution in [0, 0.1) is 5.41 Å². The second kappa shape index (κ2) is 3.80. The Morgan fingerprint density at radius 1 is 1.38 bits per heavy atom. The molecule has 0 N–H and O–H groups in total. The Bertz CT molecular complexity index is 221. The smallest absolute Gasteiger partial charge is 0.0434 e. The maximum absolute atomic E-state index is 5.90. The highest BCUT2D eigenvalue weighted by Crippen LogP contribution is 2.52. The van der Waals surface area contributed by atoms with Gasteiger partial charge in [-0.2, -0.15) is 0 Å². The Morgan fingerprint density at radius 3 is 2.77 bits per heavy atom. The molecule has 0 bridgehead atoms. The van der Waals surface area contributed by atoms with Crippen LogP contribution in [0.1, 0.15) is 25.7 Å². The van der Waals surface area contributed by atoms with Gasteiger partial charge in [0.2, 0.25) is 0 Å². The SMILES string of the molecule is Cl/C=C(/Cl)CN1CCCC2(CC2)C1. The van der Waals surface area contributed by atoms with Crippen LogP contribution in [0.2, 0.25) is 0 Å². The molecule has 2 aliphatic rings.